The summed E-state index contributed by atoms with van der Waals surface area (Å²) >= 11 is 0. The second-order valence-electron chi connectivity index (χ2n) is 5.95. The first-order chi connectivity index (χ1) is 12.7. The Morgan fingerprint density at radius 1 is 1.12 bits per heavy atom. The van der Waals surface area contributed by atoms with E-state index in [1.54, 1.807) is 24.5 Å². The van der Waals surface area contributed by atoms with Crippen LogP contribution in [0, 0.1) is 0 Å². The maximum atomic E-state index is 10.3. The zero-order chi connectivity index (χ0) is 17.9. The lowest BCUT2D eigenvalue weighted by Crippen LogP contribution is -2.13. The van der Waals surface area contributed by atoms with E-state index < -0.39 is 6.10 Å². The highest BCUT2D eigenvalue weighted by Crippen LogP contribution is 2.28. The summed E-state index contributed by atoms with van der Waals surface area (Å²) in [6.45, 7) is 0.317. The van der Waals surface area contributed by atoms with Gasteiger partial charge in [-0.15, -0.1) is 0 Å². The molecule has 4 aromatic rings. The van der Waals surface area contributed by atoms with E-state index >= 15 is 0 Å². The third-order valence-electron chi connectivity index (χ3n) is 4.16. The molecule has 0 bridgehead atoms. The average Bonchev–Trinajstić information content (AvgIpc) is 3.20. The van der Waals surface area contributed by atoms with Crippen LogP contribution in [0.15, 0.2) is 60.9 Å². The molecule has 3 aromatic heterocycles. The molecule has 3 heterocycles. The number of nitrogens with one attached hydrogen (secondary N) is 2. The van der Waals surface area contributed by atoms with Crippen LogP contribution in [0.2, 0.25) is 0 Å². The molecule has 0 aliphatic carbocycles. The second-order valence-corrected chi connectivity index (χ2v) is 5.95. The van der Waals surface area contributed by atoms with E-state index in [-0.39, 0.29) is 0 Å². The van der Waals surface area contributed by atoms with E-state index in [1.165, 1.54) is 0 Å². The molecule has 7 heteroatoms. The zero-order valence-electron chi connectivity index (χ0n) is 13.9. The Kier molecular flexibility index (Phi) is 4.20. The fourth-order valence-corrected chi connectivity index (χ4v) is 2.86. The summed E-state index contributed by atoms with van der Waals surface area (Å²) in [5.74, 6) is 0.411. The van der Waals surface area contributed by atoms with Gasteiger partial charge in [0.25, 0.3) is 0 Å². The lowest BCUT2D eigenvalue weighted by Gasteiger charge is -2.15. The Hall–Kier alpha value is -3.45. The molecule has 4 rings (SSSR count). The van der Waals surface area contributed by atoms with Crippen molar-refractivity contribution >= 4 is 22.4 Å². The van der Waals surface area contributed by atoms with Crippen molar-refractivity contribution in [3.8, 4) is 11.3 Å². The first-order valence-electron chi connectivity index (χ1n) is 8.23. The van der Waals surface area contributed by atoms with Crippen LogP contribution < -0.4 is 11.1 Å². The van der Waals surface area contributed by atoms with Crippen LogP contribution in [0.5, 0.6) is 0 Å². The average molecular weight is 346 g/mol. The smallest absolute Gasteiger partial charge is 0.126 e. The van der Waals surface area contributed by atoms with Crippen LogP contribution in [-0.4, -0.2) is 31.8 Å². The van der Waals surface area contributed by atoms with E-state index in [0.29, 0.717) is 18.1 Å². The number of pyridine rings is 2. The molecule has 0 saturated heterocycles. The van der Waals surface area contributed by atoms with E-state index in [2.05, 4.69) is 25.5 Å². The lowest BCUT2D eigenvalue weighted by molar-refractivity contribution is 0.187. The summed E-state index contributed by atoms with van der Waals surface area (Å²) in [6, 6.07) is 15.1. The number of hydrogen-bond acceptors (Lipinski definition) is 6. The van der Waals surface area contributed by atoms with Gasteiger partial charge in [0.15, 0.2) is 0 Å². The van der Waals surface area contributed by atoms with Crippen LogP contribution in [0.4, 0.5) is 11.5 Å². The Labute approximate surface area is 149 Å². The molecule has 0 aliphatic rings. The first kappa shape index (κ1) is 16.0. The molecule has 5 N–H and O–H groups in total. The molecule has 7 nitrogen and oxygen atoms in total. The van der Waals surface area contributed by atoms with Crippen molar-refractivity contribution in [2.45, 2.75) is 6.10 Å². The highest BCUT2D eigenvalue weighted by atomic mass is 16.3. The number of nitrogen functional groups attached to an aromatic ring is 1. The fraction of sp³-hybridized carbons (Fsp3) is 0.105. The molecule has 0 spiro atoms. The van der Waals surface area contributed by atoms with Crippen LogP contribution in [0.3, 0.4) is 0 Å². The number of anilines is 2. The molecule has 0 aliphatic heterocycles. The standard InChI is InChI=1S/C19H18N6O/c20-19-10-16(22-11-18(26)15-3-1-2-7-21-15)13-5-4-12(9-17(13)24-19)14-6-8-23-25-14/h1-10,18,26H,11H2,(H,23,25)(H3,20,22,24). The van der Waals surface area contributed by atoms with Crippen molar-refractivity contribution in [3.63, 3.8) is 0 Å². The summed E-state index contributed by atoms with van der Waals surface area (Å²) in [4.78, 5) is 8.60. The van der Waals surface area contributed by atoms with Crippen molar-refractivity contribution in [2.24, 2.45) is 0 Å². The van der Waals surface area contributed by atoms with Crippen molar-refractivity contribution < 1.29 is 5.11 Å². The number of nitrogens with two attached hydrogens (primary N) is 1. The van der Waals surface area contributed by atoms with Crippen molar-refractivity contribution in [1.82, 2.24) is 20.2 Å². The summed E-state index contributed by atoms with van der Waals surface area (Å²) in [6.07, 6.45) is 2.65. The van der Waals surface area contributed by atoms with Crippen LogP contribution in [-0.2, 0) is 0 Å². The number of rotatable bonds is 5. The molecule has 26 heavy (non-hydrogen) atoms. The Bertz CT molecular complexity index is 1020. The SMILES string of the molecule is Nc1cc(NCC(O)c2ccccn2)c2ccc(-c3ccn[nH]3)cc2n1. The molecule has 130 valence electrons. The van der Waals surface area contributed by atoms with Gasteiger partial charge in [0.05, 0.1) is 16.9 Å². The molecule has 0 amide bonds. The summed E-state index contributed by atoms with van der Waals surface area (Å²) in [5, 5.41) is 21.4. The summed E-state index contributed by atoms with van der Waals surface area (Å²) < 4.78 is 0. The molecular formula is C19H18N6O. The monoisotopic (exact) mass is 346 g/mol. The zero-order valence-corrected chi connectivity index (χ0v) is 13.9. The maximum absolute atomic E-state index is 10.3. The quantitative estimate of drug-likeness (QED) is 0.442. The molecule has 0 radical (unpaired) electrons. The molecule has 0 saturated carbocycles. The molecular weight excluding hydrogens is 328 g/mol. The minimum Gasteiger partial charge on any atom is -0.385 e. The van der Waals surface area contributed by atoms with E-state index in [0.717, 1.165) is 27.8 Å². The van der Waals surface area contributed by atoms with Gasteiger partial charge in [-0.1, -0.05) is 18.2 Å². The fourth-order valence-electron chi connectivity index (χ4n) is 2.86. The lowest BCUT2D eigenvalue weighted by atomic mass is 10.1. The number of fused-ring (bicyclic) bond motifs is 1. The number of hydrogen-bond donors (Lipinski definition) is 4. The predicted molar refractivity (Wildman–Crippen MR) is 101 cm³/mol. The van der Waals surface area contributed by atoms with Crippen LogP contribution >= 0.6 is 0 Å². The predicted octanol–water partition coefficient (Wildman–Crippen LogP) is 2.75. The van der Waals surface area contributed by atoms with Crippen LogP contribution in [0.1, 0.15) is 11.8 Å². The van der Waals surface area contributed by atoms with Gasteiger partial charge in [-0.25, -0.2) is 4.98 Å². The first-order valence-corrected chi connectivity index (χ1v) is 8.23. The van der Waals surface area contributed by atoms with E-state index in [1.807, 2.05) is 36.4 Å². The van der Waals surface area contributed by atoms with Gasteiger partial charge in [-0.05, 0) is 24.3 Å². The topological polar surface area (TPSA) is 113 Å². The van der Waals surface area contributed by atoms with Crippen LogP contribution in [0.25, 0.3) is 22.2 Å². The largest absolute Gasteiger partial charge is 0.385 e. The number of aliphatic hydroxyl groups excluding tert-OH is 1. The molecule has 1 unspecified atom stereocenters. The number of aromatic nitrogens is 4. The van der Waals surface area contributed by atoms with Crippen molar-refractivity contribution in [3.05, 3.63) is 66.6 Å². The van der Waals surface area contributed by atoms with E-state index in [4.69, 9.17) is 5.73 Å². The minimum atomic E-state index is -0.718. The van der Waals surface area contributed by atoms with Gasteiger partial charge >= 0.3 is 0 Å². The normalized spacial score (nSPS) is 12.2. The summed E-state index contributed by atoms with van der Waals surface area (Å²) in [7, 11) is 0. The number of nitrogens with zero attached hydrogens (tertiary/aromatic N) is 3. The Morgan fingerprint density at radius 2 is 2.04 bits per heavy atom. The number of aliphatic hydroxyl groups is 1. The Balaban J connectivity index is 1.62. The number of aromatic amines is 1. The third-order valence-corrected chi connectivity index (χ3v) is 4.16. The van der Waals surface area contributed by atoms with Gasteiger partial charge in [0, 0.05) is 41.6 Å². The van der Waals surface area contributed by atoms with E-state index in [9.17, 15) is 5.11 Å². The van der Waals surface area contributed by atoms with Gasteiger partial charge < -0.3 is 16.2 Å². The van der Waals surface area contributed by atoms with Gasteiger partial charge in [0.1, 0.15) is 11.9 Å². The molecule has 1 atom stereocenters. The maximum Gasteiger partial charge on any atom is 0.126 e. The van der Waals surface area contributed by atoms with Gasteiger partial charge in [-0.2, -0.15) is 5.10 Å². The number of H-pyrrole nitrogens is 1. The van der Waals surface area contributed by atoms with Gasteiger partial charge in [-0.3, -0.25) is 10.1 Å². The molecule has 0 fully saturated rings. The highest BCUT2D eigenvalue weighted by molar-refractivity contribution is 5.95. The molecule has 1 aromatic carbocycles. The number of benzene rings is 1. The minimum absolute atomic E-state index is 0.317. The van der Waals surface area contributed by atoms with Crippen molar-refractivity contribution in [1.29, 1.82) is 0 Å². The third kappa shape index (κ3) is 3.20. The second kappa shape index (κ2) is 6.81. The van der Waals surface area contributed by atoms with Gasteiger partial charge in [0.2, 0.25) is 0 Å². The highest BCUT2D eigenvalue weighted by Gasteiger charge is 2.11. The Morgan fingerprint density at radius 3 is 2.81 bits per heavy atom. The summed E-state index contributed by atoms with van der Waals surface area (Å²) in [5.41, 5.74) is 10.1. The van der Waals surface area contributed by atoms with Crippen molar-refractivity contribution in [2.75, 3.05) is 17.6 Å².